The van der Waals surface area contributed by atoms with Gasteiger partial charge in [-0.15, -0.1) is 11.3 Å². The third kappa shape index (κ3) is 3.20. The molecule has 3 rings (SSSR count). The first-order valence-electron chi connectivity index (χ1n) is 8.78. The standard InChI is InChI=1S/C18H30N2S/c1-3-15(19)18(17-11-10-13(2)21-17)20-12-6-8-14-7-4-5-9-16(14)20/h10-11,14-16,18H,3-9,12,19H2,1-2H3. The molecule has 3 heteroatoms. The summed E-state index contributed by atoms with van der Waals surface area (Å²) >= 11 is 1.95. The number of aryl methyl sites for hydroxylation is 1. The predicted molar refractivity (Wildman–Crippen MR) is 91.7 cm³/mol. The number of rotatable bonds is 4. The molecule has 0 amide bonds. The molecule has 2 heterocycles. The number of nitrogens with two attached hydrogens (primary N) is 1. The van der Waals surface area contributed by atoms with Crippen molar-refractivity contribution in [1.29, 1.82) is 0 Å². The maximum absolute atomic E-state index is 6.58. The van der Waals surface area contributed by atoms with Gasteiger partial charge in [0.05, 0.1) is 6.04 Å². The first-order valence-corrected chi connectivity index (χ1v) is 9.60. The summed E-state index contributed by atoms with van der Waals surface area (Å²) in [6.07, 6.45) is 9.56. The van der Waals surface area contributed by atoms with E-state index in [4.69, 9.17) is 5.73 Å². The van der Waals surface area contributed by atoms with E-state index in [1.807, 2.05) is 11.3 Å². The number of thiophene rings is 1. The largest absolute Gasteiger partial charge is 0.326 e. The zero-order valence-electron chi connectivity index (χ0n) is 13.6. The Bertz CT molecular complexity index is 454. The van der Waals surface area contributed by atoms with Crippen molar-refractivity contribution in [3.8, 4) is 0 Å². The van der Waals surface area contributed by atoms with Gasteiger partial charge in [0.2, 0.25) is 0 Å². The van der Waals surface area contributed by atoms with Crippen LogP contribution in [0, 0.1) is 12.8 Å². The van der Waals surface area contributed by atoms with E-state index in [2.05, 4.69) is 30.9 Å². The summed E-state index contributed by atoms with van der Waals surface area (Å²) < 4.78 is 0. The van der Waals surface area contributed by atoms with E-state index < -0.39 is 0 Å². The van der Waals surface area contributed by atoms with Crippen LogP contribution in [-0.2, 0) is 0 Å². The third-order valence-electron chi connectivity index (χ3n) is 5.57. The molecule has 2 aliphatic rings. The second kappa shape index (κ2) is 6.80. The minimum atomic E-state index is 0.267. The highest BCUT2D eigenvalue weighted by Gasteiger charge is 2.39. The molecule has 21 heavy (non-hydrogen) atoms. The number of hydrogen-bond acceptors (Lipinski definition) is 3. The van der Waals surface area contributed by atoms with Crippen molar-refractivity contribution in [2.45, 2.75) is 76.9 Å². The van der Waals surface area contributed by atoms with Crippen molar-refractivity contribution >= 4 is 11.3 Å². The van der Waals surface area contributed by atoms with Crippen LogP contribution in [-0.4, -0.2) is 23.5 Å². The Morgan fingerprint density at radius 3 is 2.71 bits per heavy atom. The van der Waals surface area contributed by atoms with Crippen LogP contribution in [0.2, 0.25) is 0 Å². The normalized spacial score (nSPS) is 29.9. The Labute approximate surface area is 133 Å². The van der Waals surface area contributed by atoms with Crippen molar-refractivity contribution in [2.75, 3.05) is 6.54 Å². The maximum atomic E-state index is 6.58. The molecule has 1 saturated heterocycles. The molecular formula is C18H30N2S. The van der Waals surface area contributed by atoms with E-state index in [1.165, 1.54) is 54.8 Å². The zero-order valence-corrected chi connectivity index (χ0v) is 14.4. The van der Waals surface area contributed by atoms with Crippen LogP contribution in [0.25, 0.3) is 0 Å². The first-order chi connectivity index (χ1) is 10.2. The number of likely N-dealkylation sites (tertiary alicyclic amines) is 1. The van der Waals surface area contributed by atoms with Crippen LogP contribution in [0.5, 0.6) is 0 Å². The van der Waals surface area contributed by atoms with Crippen LogP contribution >= 0.6 is 11.3 Å². The van der Waals surface area contributed by atoms with Crippen LogP contribution in [0.3, 0.4) is 0 Å². The molecule has 1 aromatic heterocycles. The van der Waals surface area contributed by atoms with E-state index in [9.17, 15) is 0 Å². The van der Waals surface area contributed by atoms with Crippen LogP contribution in [0.4, 0.5) is 0 Å². The summed E-state index contributed by atoms with van der Waals surface area (Å²) in [6, 6.07) is 6.09. The highest BCUT2D eigenvalue weighted by molar-refractivity contribution is 7.12. The molecule has 2 fully saturated rings. The summed E-state index contributed by atoms with van der Waals surface area (Å²) in [7, 11) is 0. The average molecular weight is 307 g/mol. The number of nitrogens with zero attached hydrogens (tertiary/aromatic N) is 1. The molecule has 0 radical (unpaired) electrons. The number of fused-ring (bicyclic) bond motifs is 1. The molecule has 1 aliphatic heterocycles. The predicted octanol–water partition coefficient (Wildman–Crippen LogP) is 4.49. The van der Waals surface area contributed by atoms with Gasteiger partial charge in [0.25, 0.3) is 0 Å². The highest BCUT2D eigenvalue weighted by Crippen LogP contribution is 2.41. The van der Waals surface area contributed by atoms with E-state index >= 15 is 0 Å². The minimum Gasteiger partial charge on any atom is -0.326 e. The number of hydrogen-bond donors (Lipinski definition) is 1. The third-order valence-corrected chi connectivity index (χ3v) is 6.64. The van der Waals surface area contributed by atoms with E-state index in [1.54, 1.807) is 0 Å². The van der Waals surface area contributed by atoms with E-state index in [0.29, 0.717) is 6.04 Å². The van der Waals surface area contributed by atoms with Crippen molar-refractivity contribution in [1.82, 2.24) is 4.90 Å². The Kier molecular flexibility index (Phi) is 5.03. The van der Waals surface area contributed by atoms with E-state index in [0.717, 1.165) is 18.4 Å². The topological polar surface area (TPSA) is 29.3 Å². The zero-order chi connectivity index (χ0) is 14.8. The van der Waals surface area contributed by atoms with Gasteiger partial charge in [-0.2, -0.15) is 0 Å². The highest BCUT2D eigenvalue weighted by atomic mass is 32.1. The van der Waals surface area contributed by atoms with Crippen molar-refractivity contribution in [3.63, 3.8) is 0 Å². The molecule has 1 aromatic rings. The number of piperidine rings is 1. The van der Waals surface area contributed by atoms with Crippen molar-refractivity contribution in [3.05, 3.63) is 21.9 Å². The van der Waals surface area contributed by atoms with Gasteiger partial charge in [-0.3, -0.25) is 4.90 Å². The van der Waals surface area contributed by atoms with Crippen LogP contribution in [0.15, 0.2) is 12.1 Å². The molecule has 2 nitrogen and oxygen atoms in total. The Hall–Kier alpha value is -0.380. The second-order valence-electron chi connectivity index (χ2n) is 6.96. The molecule has 4 atom stereocenters. The fourth-order valence-electron chi connectivity index (χ4n) is 4.46. The molecule has 1 aliphatic carbocycles. The van der Waals surface area contributed by atoms with Gasteiger partial charge in [-0.05, 0) is 63.6 Å². The fourth-order valence-corrected chi connectivity index (χ4v) is 5.54. The van der Waals surface area contributed by atoms with Crippen LogP contribution < -0.4 is 5.73 Å². The van der Waals surface area contributed by atoms with Gasteiger partial charge < -0.3 is 5.73 Å². The van der Waals surface area contributed by atoms with Gasteiger partial charge in [-0.25, -0.2) is 0 Å². The van der Waals surface area contributed by atoms with Crippen LogP contribution in [0.1, 0.15) is 67.7 Å². The van der Waals surface area contributed by atoms with Gasteiger partial charge >= 0.3 is 0 Å². The minimum absolute atomic E-state index is 0.267. The lowest BCUT2D eigenvalue weighted by atomic mass is 9.77. The summed E-state index contributed by atoms with van der Waals surface area (Å²) in [6.45, 7) is 5.69. The molecule has 118 valence electrons. The first kappa shape index (κ1) is 15.5. The average Bonchev–Trinajstić information content (AvgIpc) is 2.93. The molecule has 1 saturated carbocycles. The van der Waals surface area contributed by atoms with Gasteiger partial charge in [-0.1, -0.05) is 19.8 Å². The fraction of sp³-hybridized carbons (Fsp3) is 0.778. The lowest BCUT2D eigenvalue weighted by molar-refractivity contribution is 0.0167. The lowest BCUT2D eigenvalue weighted by Crippen LogP contribution is -2.52. The Balaban J connectivity index is 1.87. The monoisotopic (exact) mass is 306 g/mol. The molecular weight excluding hydrogens is 276 g/mol. The molecule has 0 aromatic carbocycles. The lowest BCUT2D eigenvalue weighted by Gasteiger charge is -2.48. The molecule has 2 N–H and O–H groups in total. The van der Waals surface area contributed by atoms with Crippen molar-refractivity contribution in [2.24, 2.45) is 11.7 Å². The van der Waals surface area contributed by atoms with Gasteiger partial charge in [0, 0.05) is 21.8 Å². The SMILES string of the molecule is CCC(N)C(c1ccc(C)s1)N1CCCC2CCCCC21. The van der Waals surface area contributed by atoms with E-state index in [-0.39, 0.29) is 6.04 Å². The second-order valence-corrected chi connectivity index (χ2v) is 8.28. The maximum Gasteiger partial charge on any atom is 0.0595 e. The quantitative estimate of drug-likeness (QED) is 0.888. The summed E-state index contributed by atoms with van der Waals surface area (Å²) in [5, 5.41) is 0. The molecule has 4 unspecified atom stereocenters. The summed E-state index contributed by atoms with van der Waals surface area (Å²) in [5.41, 5.74) is 6.58. The Morgan fingerprint density at radius 1 is 1.24 bits per heavy atom. The van der Waals surface area contributed by atoms with Gasteiger partial charge in [0.15, 0.2) is 0 Å². The van der Waals surface area contributed by atoms with Crippen molar-refractivity contribution < 1.29 is 0 Å². The molecule has 0 spiro atoms. The smallest absolute Gasteiger partial charge is 0.0595 e. The Morgan fingerprint density at radius 2 is 2.00 bits per heavy atom. The van der Waals surface area contributed by atoms with Gasteiger partial charge in [0.1, 0.15) is 0 Å². The summed E-state index contributed by atoms with van der Waals surface area (Å²) in [5.74, 6) is 0.931. The summed E-state index contributed by atoms with van der Waals surface area (Å²) in [4.78, 5) is 5.70. The molecule has 0 bridgehead atoms.